The number of H-pyrrole nitrogens is 1. The highest BCUT2D eigenvalue weighted by atomic mass is 32.2. The van der Waals surface area contributed by atoms with Crippen molar-refractivity contribution in [3.63, 3.8) is 0 Å². The van der Waals surface area contributed by atoms with Gasteiger partial charge in [-0.05, 0) is 61.0 Å². The average molecular weight is 487 g/mol. The molecular formula is C26H22N4O2S2. The summed E-state index contributed by atoms with van der Waals surface area (Å²) in [6.07, 6.45) is 0. The van der Waals surface area contributed by atoms with Gasteiger partial charge in [-0.2, -0.15) is 0 Å². The van der Waals surface area contributed by atoms with Gasteiger partial charge in [-0.3, -0.25) is 4.79 Å². The van der Waals surface area contributed by atoms with Crippen molar-refractivity contribution >= 4 is 45.7 Å². The molecule has 0 aliphatic carbocycles. The van der Waals surface area contributed by atoms with E-state index >= 15 is 0 Å². The Morgan fingerprint density at radius 3 is 2.56 bits per heavy atom. The highest BCUT2D eigenvalue weighted by Gasteiger charge is 2.10. The number of hydrogen-bond donors (Lipinski definition) is 2. The maximum absolute atomic E-state index is 12.4. The van der Waals surface area contributed by atoms with Crippen molar-refractivity contribution in [3.05, 3.63) is 77.7 Å². The van der Waals surface area contributed by atoms with E-state index in [1.54, 1.807) is 18.4 Å². The van der Waals surface area contributed by atoms with Crippen LogP contribution in [0.4, 0.5) is 5.69 Å². The van der Waals surface area contributed by atoms with Gasteiger partial charge in [-0.25, -0.2) is 9.97 Å². The Balaban J connectivity index is 1.19. The molecule has 6 nitrogen and oxygen atoms in total. The van der Waals surface area contributed by atoms with Crippen LogP contribution in [0.3, 0.4) is 0 Å². The van der Waals surface area contributed by atoms with Crippen molar-refractivity contribution in [1.82, 2.24) is 15.0 Å². The number of imidazole rings is 1. The molecule has 0 fully saturated rings. The van der Waals surface area contributed by atoms with Gasteiger partial charge in [0.05, 0.1) is 29.6 Å². The number of aromatic amines is 1. The number of methoxy groups -OCH3 is 1. The van der Waals surface area contributed by atoms with Crippen LogP contribution in [0.2, 0.25) is 0 Å². The molecule has 2 heterocycles. The molecule has 0 atom stereocenters. The zero-order valence-electron chi connectivity index (χ0n) is 18.7. The topological polar surface area (TPSA) is 79.9 Å². The number of ether oxygens (including phenoxy) is 1. The third kappa shape index (κ3) is 4.98. The molecule has 1 amide bonds. The van der Waals surface area contributed by atoms with Gasteiger partial charge < -0.3 is 15.0 Å². The molecule has 0 saturated carbocycles. The molecule has 34 heavy (non-hydrogen) atoms. The third-order valence-corrected chi connectivity index (χ3v) is 7.03. The zero-order valence-corrected chi connectivity index (χ0v) is 20.3. The normalized spacial score (nSPS) is 11.0. The summed E-state index contributed by atoms with van der Waals surface area (Å²) in [4.78, 5) is 25.0. The SMILES string of the molecule is COc1ccc(-c2nc(-c3ccc(NC(=O)CSc4nc5ccc(C)cc5[nH]4)cc3)cs2)cc1. The number of carbonyl (C=O) groups excluding carboxylic acids is 1. The fourth-order valence-corrected chi connectivity index (χ4v) is 5.02. The van der Waals surface area contributed by atoms with Crippen molar-refractivity contribution in [2.24, 2.45) is 0 Å². The van der Waals surface area contributed by atoms with Crippen molar-refractivity contribution in [1.29, 1.82) is 0 Å². The Kier molecular flexibility index (Phi) is 6.33. The summed E-state index contributed by atoms with van der Waals surface area (Å²) in [6.45, 7) is 2.04. The summed E-state index contributed by atoms with van der Waals surface area (Å²) in [5.74, 6) is 1.02. The molecule has 0 aliphatic rings. The first-order valence-corrected chi connectivity index (χ1v) is 12.5. The highest BCUT2D eigenvalue weighted by molar-refractivity contribution is 7.99. The molecule has 0 saturated heterocycles. The van der Waals surface area contributed by atoms with Crippen LogP contribution in [0.1, 0.15) is 5.56 Å². The number of thiazole rings is 1. The minimum absolute atomic E-state index is 0.0789. The number of anilines is 1. The molecule has 8 heteroatoms. The third-order valence-electron chi connectivity index (χ3n) is 5.26. The summed E-state index contributed by atoms with van der Waals surface area (Å²) in [6, 6.07) is 21.7. The molecule has 0 spiro atoms. The highest BCUT2D eigenvalue weighted by Crippen LogP contribution is 2.30. The van der Waals surface area contributed by atoms with E-state index < -0.39 is 0 Å². The molecule has 0 aliphatic heterocycles. The first-order valence-electron chi connectivity index (χ1n) is 10.7. The van der Waals surface area contributed by atoms with Crippen LogP contribution < -0.4 is 10.1 Å². The van der Waals surface area contributed by atoms with Crippen LogP contribution in [0, 0.1) is 6.92 Å². The van der Waals surface area contributed by atoms with Gasteiger partial charge in [0.1, 0.15) is 10.8 Å². The standard InChI is InChI=1S/C26H22N4O2S2/c1-16-3-12-21-22(13-16)30-26(29-21)34-15-24(31)27-19-8-4-17(5-9-19)23-14-33-25(28-23)18-6-10-20(32-2)11-7-18/h3-14H,15H2,1-2H3,(H,27,31)(H,29,30). The van der Waals surface area contributed by atoms with E-state index in [-0.39, 0.29) is 11.7 Å². The number of fused-ring (bicyclic) bond motifs is 1. The lowest BCUT2D eigenvalue weighted by Gasteiger charge is -2.05. The number of nitrogens with one attached hydrogen (secondary N) is 2. The fourth-order valence-electron chi connectivity index (χ4n) is 3.50. The van der Waals surface area contributed by atoms with Crippen LogP contribution in [0.5, 0.6) is 5.75 Å². The number of thioether (sulfide) groups is 1. The van der Waals surface area contributed by atoms with Gasteiger partial charge in [0.25, 0.3) is 0 Å². The minimum Gasteiger partial charge on any atom is -0.497 e. The predicted octanol–water partition coefficient (Wildman–Crippen LogP) is 6.40. The van der Waals surface area contributed by atoms with Crippen molar-refractivity contribution < 1.29 is 9.53 Å². The maximum atomic E-state index is 12.4. The molecule has 3 aromatic carbocycles. The Morgan fingerprint density at radius 1 is 1.03 bits per heavy atom. The Labute approximate surface area is 205 Å². The number of rotatable bonds is 7. The van der Waals surface area contributed by atoms with Gasteiger partial charge in [-0.1, -0.05) is 30.0 Å². The summed E-state index contributed by atoms with van der Waals surface area (Å²) in [5.41, 5.74) is 6.77. The molecule has 2 N–H and O–H groups in total. The molecular weight excluding hydrogens is 464 g/mol. The van der Waals surface area contributed by atoms with E-state index in [1.807, 2.05) is 73.0 Å². The van der Waals surface area contributed by atoms with Crippen molar-refractivity contribution in [3.8, 4) is 27.6 Å². The van der Waals surface area contributed by atoms with Gasteiger partial charge in [-0.15, -0.1) is 11.3 Å². The lowest BCUT2D eigenvalue weighted by Crippen LogP contribution is -2.14. The molecule has 0 unspecified atom stereocenters. The number of benzene rings is 3. The number of carbonyl (C=O) groups is 1. The quantitative estimate of drug-likeness (QED) is 0.260. The monoisotopic (exact) mass is 486 g/mol. The molecule has 2 aromatic heterocycles. The van der Waals surface area contributed by atoms with E-state index in [1.165, 1.54) is 17.3 Å². The second-order valence-electron chi connectivity index (χ2n) is 7.74. The Bertz CT molecular complexity index is 1440. The Morgan fingerprint density at radius 2 is 1.79 bits per heavy atom. The maximum Gasteiger partial charge on any atom is 0.234 e. The van der Waals surface area contributed by atoms with E-state index in [0.717, 1.165) is 49.5 Å². The molecule has 5 rings (SSSR count). The van der Waals surface area contributed by atoms with E-state index in [9.17, 15) is 4.79 Å². The number of hydrogen-bond acceptors (Lipinski definition) is 6. The first-order chi connectivity index (χ1) is 16.6. The summed E-state index contributed by atoms with van der Waals surface area (Å²) in [5, 5.41) is 6.67. The van der Waals surface area contributed by atoms with Crippen LogP contribution in [0.25, 0.3) is 32.9 Å². The van der Waals surface area contributed by atoms with E-state index in [0.29, 0.717) is 0 Å². The number of nitrogens with zero attached hydrogens (tertiary/aromatic N) is 2. The summed E-state index contributed by atoms with van der Waals surface area (Å²) >= 11 is 2.99. The minimum atomic E-state index is -0.0789. The molecule has 0 bridgehead atoms. The summed E-state index contributed by atoms with van der Waals surface area (Å²) in [7, 11) is 1.66. The van der Waals surface area contributed by atoms with Crippen LogP contribution in [-0.2, 0) is 4.79 Å². The Hall–Kier alpha value is -3.62. The average Bonchev–Trinajstić information content (AvgIpc) is 3.50. The van der Waals surface area contributed by atoms with Crippen molar-refractivity contribution in [2.75, 3.05) is 18.2 Å². The number of amides is 1. The molecule has 5 aromatic rings. The number of aromatic nitrogens is 3. The smallest absolute Gasteiger partial charge is 0.234 e. The summed E-state index contributed by atoms with van der Waals surface area (Å²) < 4.78 is 5.22. The lowest BCUT2D eigenvalue weighted by atomic mass is 10.1. The van der Waals surface area contributed by atoms with Gasteiger partial charge in [0, 0.05) is 22.2 Å². The fraction of sp³-hybridized carbons (Fsp3) is 0.115. The van der Waals surface area contributed by atoms with Crippen LogP contribution >= 0.6 is 23.1 Å². The second-order valence-corrected chi connectivity index (χ2v) is 9.57. The van der Waals surface area contributed by atoms with E-state index in [4.69, 9.17) is 9.72 Å². The van der Waals surface area contributed by atoms with Gasteiger partial charge in [0.2, 0.25) is 5.91 Å². The molecule has 0 radical (unpaired) electrons. The largest absolute Gasteiger partial charge is 0.497 e. The van der Waals surface area contributed by atoms with Crippen LogP contribution in [-0.4, -0.2) is 33.7 Å². The molecule has 170 valence electrons. The second kappa shape index (κ2) is 9.70. The lowest BCUT2D eigenvalue weighted by molar-refractivity contribution is -0.113. The van der Waals surface area contributed by atoms with Gasteiger partial charge >= 0.3 is 0 Å². The van der Waals surface area contributed by atoms with Crippen LogP contribution in [0.15, 0.2) is 77.3 Å². The number of aryl methyl sites for hydroxylation is 1. The first kappa shape index (κ1) is 22.2. The van der Waals surface area contributed by atoms with Gasteiger partial charge in [0.15, 0.2) is 5.16 Å². The van der Waals surface area contributed by atoms with Crippen molar-refractivity contribution in [2.45, 2.75) is 12.1 Å². The zero-order chi connectivity index (χ0) is 23.5. The predicted molar refractivity (Wildman–Crippen MR) is 140 cm³/mol. The van der Waals surface area contributed by atoms with E-state index in [2.05, 4.69) is 21.4 Å².